The maximum absolute atomic E-state index is 12.5. The minimum Gasteiger partial charge on any atom is -0.490 e. The topological polar surface area (TPSA) is 85.9 Å². The molecule has 2 amide bonds. The van der Waals surface area contributed by atoms with Crippen molar-refractivity contribution in [2.24, 2.45) is 0 Å². The third-order valence-corrected chi connectivity index (χ3v) is 4.88. The third-order valence-electron chi connectivity index (χ3n) is 4.88. The van der Waals surface area contributed by atoms with E-state index in [-0.39, 0.29) is 12.6 Å². The van der Waals surface area contributed by atoms with Crippen molar-refractivity contribution in [1.29, 1.82) is 0 Å². The van der Waals surface area contributed by atoms with Crippen LogP contribution < -0.4 is 20.1 Å². The predicted molar refractivity (Wildman–Crippen MR) is 117 cm³/mol. The van der Waals surface area contributed by atoms with E-state index in [0.717, 1.165) is 5.56 Å². The second kappa shape index (κ2) is 10.0. The van der Waals surface area contributed by atoms with Gasteiger partial charge in [0.15, 0.2) is 11.5 Å². The molecule has 0 spiro atoms. The number of hydrogen-bond donors (Lipinski definition) is 2. The van der Waals surface area contributed by atoms with E-state index in [1.807, 2.05) is 44.2 Å². The van der Waals surface area contributed by atoms with Crippen LogP contribution in [0.5, 0.6) is 11.5 Å². The first-order valence-corrected chi connectivity index (χ1v) is 10.3. The Bertz CT molecular complexity index is 982. The monoisotopic (exact) mass is 424 g/mol. The minimum absolute atomic E-state index is 0.242. The molecule has 7 nitrogen and oxygen atoms in total. The van der Waals surface area contributed by atoms with E-state index in [2.05, 4.69) is 10.6 Å². The molecule has 0 saturated heterocycles. The summed E-state index contributed by atoms with van der Waals surface area (Å²) in [4.78, 5) is 24.6. The average Bonchev–Trinajstić information content (AvgIpc) is 2.73. The lowest BCUT2D eigenvalue weighted by molar-refractivity contribution is -0.139. The second-order valence-corrected chi connectivity index (χ2v) is 7.20. The van der Waals surface area contributed by atoms with E-state index in [4.69, 9.17) is 14.2 Å². The molecule has 1 aliphatic heterocycles. The third kappa shape index (κ3) is 5.36. The fourth-order valence-electron chi connectivity index (χ4n) is 3.36. The van der Waals surface area contributed by atoms with E-state index >= 15 is 0 Å². The minimum atomic E-state index is -0.654. The van der Waals surface area contributed by atoms with Gasteiger partial charge in [0.2, 0.25) is 0 Å². The first-order chi connectivity index (χ1) is 14.9. The highest BCUT2D eigenvalue weighted by molar-refractivity contribution is 5.95. The van der Waals surface area contributed by atoms with Crippen molar-refractivity contribution in [1.82, 2.24) is 10.6 Å². The number of esters is 1. The maximum Gasteiger partial charge on any atom is 0.338 e. The molecule has 0 aromatic heterocycles. The van der Waals surface area contributed by atoms with Gasteiger partial charge in [-0.05, 0) is 51.0 Å². The van der Waals surface area contributed by atoms with Crippen LogP contribution in [0, 0.1) is 6.92 Å². The molecule has 164 valence electrons. The lowest BCUT2D eigenvalue weighted by Crippen LogP contribution is -2.45. The van der Waals surface area contributed by atoms with Crippen LogP contribution in [0.3, 0.4) is 0 Å². The van der Waals surface area contributed by atoms with Gasteiger partial charge < -0.3 is 24.8 Å². The summed E-state index contributed by atoms with van der Waals surface area (Å²) in [6, 6.07) is 12.5. The highest BCUT2D eigenvalue weighted by Gasteiger charge is 2.32. The molecule has 0 aliphatic carbocycles. The molecule has 1 aliphatic rings. The number of allylic oxidation sites excluding steroid dienone is 1. The van der Waals surface area contributed by atoms with Crippen molar-refractivity contribution in [2.75, 3.05) is 13.2 Å². The molecule has 1 unspecified atom stereocenters. The molecule has 1 atom stereocenters. The summed E-state index contributed by atoms with van der Waals surface area (Å²) in [7, 11) is 0. The van der Waals surface area contributed by atoms with Crippen LogP contribution in [-0.2, 0) is 16.1 Å². The van der Waals surface area contributed by atoms with Crippen LogP contribution in [0.2, 0.25) is 0 Å². The number of nitrogens with one attached hydrogen (secondary N) is 2. The summed E-state index contributed by atoms with van der Waals surface area (Å²) >= 11 is 0. The van der Waals surface area contributed by atoms with E-state index in [1.54, 1.807) is 26.0 Å². The van der Waals surface area contributed by atoms with Crippen molar-refractivity contribution >= 4 is 12.0 Å². The van der Waals surface area contributed by atoms with Crippen molar-refractivity contribution < 1.29 is 23.8 Å². The van der Waals surface area contributed by atoms with Crippen molar-refractivity contribution in [3.8, 4) is 11.5 Å². The summed E-state index contributed by atoms with van der Waals surface area (Å²) in [5, 5.41) is 5.43. The molecule has 0 radical (unpaired) electrons. The van der Waals surface area contributed by atoms with Crippen LogP contribution in [0.1, 0.15) is 43.5 Å². The molecule has 2 aromatic rings. The number of carbonyl (C=O) groups is 2. The number of benzene rings is 2. The van der Waals surface area contributed by atoms with E-state index in [0.29, 0.717) is 41.5 Å². The molecule has 7 heteroatoms. The van der Waals surface area contributed by atoms with Crippen LogP contribution in [-0.4, -0.2) is 25.2 Å². The molecule has 2 aromatic carbocycles. The Morgan fingerprint density at radius 2 is 1.71 bits per heavy atom. The fraction of sp³-hybridized carbons (Fsp3) is 0.333. The number of rotatable bonds is 8. The highest BCUT2D eigenvalue weighted by atomic mass is 16.5. The lowest BCUT2D eigenvalue weighted by atomic mass is 9.95. The van der Waals surface area contributed by atoms with Gasteiger partial charge in [0.1, 0.15) is 6.61 Å². The zero-order valence-electron chi connectivity index (χ0n) is 18.3. The highest BCUT2D eigenvalue weighted by Crippen LogP contribution is 2.35. The summed E-state index contributed by atoms with van der Waals surface area (Å²) in [5.74, 6) is 0.653. The number of carbonyl (C=O) groups excluding carboxylic acids is 2. The standard InChI is InChI=1S/C24H28N2O5/c1-5-29-20-13-18(11-12-19(20)31-14-17-9-7-15(3)8-10-17)22-21(23(27)30-6-2)16(4)25-24(28)26-22/h7-13,22H,5-6,14H2,1-4H3,(H2,25,26,28). The van der Waals surface area contributed by atoms with Gasteiger partial charge >= 0.3 is 12.0 Å². The summed E-state index contributed by atoms with van der Waals surface area (Å²) in [6.07, 6.45) is 0. The Kier molecular flexibility index (Phi) is 7.18. The average molecular weight is 424 g/mol. The van der Waals surface area contributed by atoms with E-state index in [9.17, 15) is 9.59 Å². The Hall–Kier alpha value is -3.48. The number of urea groups is 1. The molecule has 31 heavy (non-hydrogen) atoms. The van der Waals surface area contributed by atoms with Crippen LogP contribution >= 0.6 is 0 Å². The van der Waals surface area contributed by atoms with E-state index < -0.39 is 12.0 Å². The van der Waals surface area contributed by atoms with Gasteiger partial charge in [0.25, 0.3) is 0 Å². The van der Waals surface area contributed by atoms with Crippen LogP contribution in [0.4, 0.5) is 4.79 Å². The van der Waals surface area contributed by atoms with Crippen LogP contribution in [0.15, 0.2) is 53.7 Å². The predicted octanol–water partition coefficient (Wildman–Crippen LogP) is 4.16. The lowest BCUT2D eigenvalue weighted by Gasteiger charge is -2.28. The van der Waals surface area contributed by atoms with Crippen molar-refractivity contribution in [3.05, 3.63) is 70.4 Å². The number of aryl methyl sites for hydroxylation is 1. The zero-order chi connectivity index (χ0) is 22.4. The van der Waals surface area contributed by atoms with Gasteiger partial charge in [0.05, 0.1) is 24.8 Å². The van der Waals surface area contributed by atoms with Crippen molar-refractivity contribution in [2.45, 2.75) is 40.3 Å². The SMILES string of the molecule is CCOC(=O)C1=C(C)NC(=O)NC1c1ccc(OCc2ccc(C)cc2)c(OCC)c1. The summed E-state index contributed by atoms with van der Waals surface area (Å²) in [5.41, 5.74) is 3.75. The smallest absolute Gasteiger partial charge is 0.338 e. The molecule has 2 N–H and O–H groups in total. The first kappa shape index (κ1) is 22.2. The van der Waals surface area contributed by atoms with Gasteiger partial charge in [-0.25, -0.2) is 9.59 Å². The number of hydrogen-bond acceptors (Lipinski definition) is 5. The van der Waals surface area contributed by atoms with Gasteiger partial charge in [-0.1, -0.05) is 35.9 Å². The summed E-state index contributed by atoms with van der Waals surface area (Å²) < 4.78 is 17.0. The number of ether oxygens (including phenoxy) is 3. The van der Waals surface area contributed by atoms with Gasteiger partial charge in [-0.2, -0.15) is 0 Å². The Labute approximate surface area is 182 Å². The van der Waals surface area contributed by atoms with Gasteiger partial charge in [-0.3, -0.25) is 0 Å². The zero-order valence-corrected chi connectivity index (χ0v) is 18.3. The molecule has 0 fully saturated rings. The Morgan fingerprint density at radius 1 is 0.968 bits per heavy atom. The van der Waals surface area contributed by atoms with E-state index in [1.165, 1.54) is 5.56 Å². The first-order valence-electron chi connectivity index (χ1n) is 10.3. The molecular weight excluding hydrogens is 396 g/mol. The molecule has 0 bridgehead atoms. The number of amides is 2. The quantitative estimate of drug-likeness (QED) is 0.622. The summed E-state index contributed by atoms with van der Waals surface area (Å²) in [6.45, 7) is 8.44. The molecule has 0 saturated carbocycles. The fourth-order valence-corrected chi connectivity index (χ4v) is 3.36. The van der Waals surface area contributed by atoms with Crippen molar-refractivity contribution in [3.63, 3.8) is 0 Å². The maximum atomic E-state index is 12.5. The second-order valence-electron chi connectivity index (χ2n) is 7.20. The molecule has 1 heterocycles. The molecular formula is C24H28N2O5. The molecule has 3 rings (SSSR count). The Balaban J connectivity index is 1.89. The Morgan fingerprint density at radius 3 is 2.39 bits per heavy atom. The largest absolute Gasteiger partial charge is 0.490 e. The van der Waals surface area contributed by atoms with Crippen LogP contribution in [0.25, 0.3) is 0 Å². The normalized spacial score (nSPS) is 15.7. The van der Waals surface area contributed by atoms with Gasteiger partial charge in [-0.15, -0.1) is 0 Å². The van der Waals surface area contributed by atoms with Gasteiger partial charge in [0, 0.05) is 5.70 Å².